The first kappa shape index (κ1) is 12.0. The standard InChI is InChI=1S/C12H14BrF2N/c1-16-11(4-7-2-3-7)12-9(14)5-8(13)6-10(12)15/h5-7,11,16H,2-4H2,1H3. The molecule has 16 heavy (non-hydrogen) atoms. The van der Waals surface area contributed by atoms with Crippen LogP contribution >= 0.6 is 15.9 Å². The van der Waals surface area contributed by atoms with Crippen molar-refractivity contribution in [2.24, 2.45) is 5.92 Å². The van der Waals surface area contributed by atoms with Crippen LogP contribution in [0.5, 0.6) is 0 Å². The van der Waals surface area contributed by atoms with Crippen molar-refractivity contribution in [3.05, 3.63) is 33.8 Å². The molecule has 1 atom stereocenters. The smallest absolute Gasteiger partial charge is 0.132 e. The van der Waals surface area contributed by atoms with Gasteiger partial charge in [-0.15, -0.1) is 0 Å². The second-order valence-electron chi connectivity index (χ2n) is 4.30. The second kappa shape index (κ2) is 4.80. The summed E-state index contributed by atoms with van der Waals surface area (Å²) < 4.78 is 27.9. The van der Waals surface area contributed by atoms with Gasteiger partial charge in [-0.2, -0.15) is 0 Å². The molecule has 1 fully saturated rings. The molecule has 1 aliphatic carbocycles. The summed E-state index contributed by atoms with van der Waals surface area (Å²) in [4.78, 5) is 0. The van der Waals surface area contributed by atoms with Crippen molar-refractivity contribution in [2.75, 3.05) is 7.05 Å². The molecule has 0 aromatic heterocycles. The third kappa shape index (κ3) is 2.61. The summed E-state index contributed by atoms with van der Waals surface area (Å²) in [5.41, 5.74) is 0.164. The molecule has 1 aromatic carbocycles. The van der Waals surface area contributed by atoms with Crippen molar-refractivity contribution in [3.8, 4) is 0 Å². The highest BCUT2D eigenvalue weighted by molar-refractivity contribution is 9.10. The summed E-state index contributed by atoms with van der Waals surface area (Å²) in [6.07, 6.45) is 3.17. The van der Waals surface area contributed by atoms with E-state index in [4.69, 9.17) is 0 Å². The monoisotopic (exact) mass is 289 g/mol. The second-order valence-corrected chi connectivity index (χ2v) is 5.22. The molecule has 0 spiro atoms. The fourth-order valence-electron chi connectivity index (χ4n) is 1.95. The molecular formula is C12H14BrF2N. The summed E-state index contributed by atoms with van der Waals surface area (Å²) in [6.45, 7) is 0. The first-order valence-corrected chi connectivity index (χ1v) is 6.22. The molecule has 1 aromatic rings. The van der Waals surface area contributed by atoms with E-state index < -0.39 is 11.6 Å². The Morgan fingerprint density at radius 2 is 1.94 bits per heavy atom. The van der Waals surface area contributed by atoms with Gasteiger partial charge in [-0.05, 0) is 31.5 Å². The molecule has 0 radical (unpaired) electrons. The van der Waals surface area contributed by atoms with E-state index in [-0.39, 0.29) is 11.6 Å². The lowest BCUT2D eigenvalue weighted by atomic mass is 10.0. The highest BCUT2D eigenvalue weighted by Gasteiger charge is 2.28. The van der Waals surface area contributed by atoms with Gasteiger partial charge in [-0.1, -0.05) is 28.8 Å². The van der Waals surface area contributed by atoms with Gasteiger partial charge in [0.1, 0.15) is 11.6 Å². The fraction of sp³-hybridized carbons (Fsp3) is 0.500. The van der Waals surface area contributed by atoms with Gasteiger partial charge in [-0.25, -0.2) is 8.78 Å². The van der Waals surface area contributed by atoms with Gasteiger partial charge in [0.05, 0.1) is 0 Å². The van der Waals surface area contributed by atoms with Crippen LogP contribution in [0, 0.1) is 17.6 Å². The Labute approximate surface area is 102 Å². The molecule has 0 aliphatic heterocycles. The quantitative estimate of drug-likeness (QED) is 0.889. The van der Waals surface area contributed by atoms with Crippen LogP contribution in [0.1, 0.15) is 30.9 Å². The first-order valence-electron chi connectivity index (χ1n) is 5.43. The summed E-state index contributed by atoms with van der Waals surface area (Å²) in [7, 11) is 1.74. The molecule has 1 nitrogen and oxygen atoms in total. The Morgan fingerprint density at radius 1 is 1.38 bits per heavy atom. The predicted octanol–water partition coefficient (Wildman–Crippen LogP) is 3.79. The normalized spacial score (nSPS) is 17.5. The van der Waals surface area contributed by atoms with Crippen molar-refractivity contribution in [1.82, 2.24) is 5.32 Å². The molecule has 0 saturated heterocycles. The van der Waals surface area contributed by atoms with E-state index in [0.29, 0.717) is 10.4 Å². The lowest BCUT2D eigenvalue weighted by Gasteiger charge is -2.18. The largest absolute Gasteiger partial charge is 0.313 e. The number of benzene rings is 1. The van der Waals surface area contributed by atoms with Crippen LogP contribution in [0.3, 0.4) is 0 Å². The van der Waals surface area contributed by atoms with Crippen LogP contribution in [0.4, 0.5) is 8.78 Å². The minimum atomic E-state index is -0.480. The number of hydrogen-bond acceptors (Lipinski definition) is 1. The Bertz CT molecular complexity index is 368. The number of rotatable bonds is 4. The van der Waals surface area contributed by atoms with E-state index in [1.807, 2.05) is 0 Å². The molecule has 88 valence electrons. The Kier molecular flexibility index (Phi) is 3.60. The zero-order chi connectivity index (χ0) is 11.7. The maximum Gasteiger partial charge on any atom is 0.132 e. The Morgan fingerprint density at radius 3 is 2.38 bits per heavy atom. The van der Waals surface area contributed by atoms with E-state index in [1.54, 1.807) is 7.05 Å². The maximum atomic E-state index is 13.7. The Balaban J connectivity index is 2.28. The van der Waals surface area contributed by atoms with Crippen LogP contribution in [-0.2, 0) is 0 Å². The topological polar surface area (TPSA) is 12.0 Å². The highest BCUT2D eigenvalue weighted by atomic mass is 79.9. The molecule has 4 heteroatoms. The lowest BCUT2D eigenvalue weighted by Crippen LogP contribution is -2.19. The number of halogens is 3. The SMILES string of the molecule is CNC(CC1CC1)c1c(F)cc(Br)cc1F. The van der Waals surface area contributed by atoms with Crippen molar-refractivity contribution in [3.63, 3.8) is 0 Å². The minimum absolute atomic E-state index is 0.164. The van der Waals surface area contributed by atoms with Crippen molar-refractivity contribution >= 4 is 15.9 Å². The van der Waals surface area contributed by atoms with Gasteiger partial charge in [0.15, 0.2) is 0 Å². The number of nitrogens with one attached hydrogen (secondary N) is 1. The predicted molar refractivity (Wildman–Crippen MR) is 63.2 cm³/mol. The minimum Gasteiger partial charge on any atom is -0.313 e. The lowest BCUT2D eigenvalue weighted by molar-refractivity contribution is 0.454. The van der Waals surface area contributed by atoms with Gasteiger partial charge in [0, 0.05) is 16.1 Å². The third-order valence-corrected chi connectivity index (χ3v) is 3.46. The third-order valence-electron chi connectivity index (χ3n) is 3.01. The summed E-state index contributed by atoms with van der Waals surface area (Å²) >= 11 is 3.08. The molecule has 2 rings (SSSR count). The van der Waals surface area contributed by atoms with E-state index in [1.165, 1.54) is 25.0 Å². The summed E-state index contributed by atoms with van der Waals surface area (Å²) in [5, 5.41) is 3.00. The zero-order valence-electron chi connectivity index (χ0n) is 9.06. The zero-order valence-corrected chi connectivity index (χ0v) is 10.7. The summed E-state index contributed by atoms with van der Waals surface area (Å²) in [6, 6.07) is 2.41. The van der Waals surface area contributed by atoms with Gasteiger partial charge in [0.25, 0.3) is 0 Å². The molecule has 0 amide bonds. The average molecular weight is 290 g/mol. The summed E-state index contributed by atoms with van der Waals surface area (Å²) in [5.74, 6) is -0.335. The molecule has 1 unspecified atom stereocenters. The average Bonchev–Trinajstić information content (AvgIpc) is 2.98. The Hall–Kier alpha value is -0.480. The maximum absolute atomic E-state index is 13.7. The highest BCUT2D eigenvalue weighted by Crippen LogP contribution is 2.38. The van der Waals surface area contributed by atoms with Crippen LogP contribution in [0.15, 0.2) is 16.6 Å². The van der Waals surface area contributed by atoms with Gasteiger partial charge >= 0.3 is 0 Å². The van der Waals surface area contributed by atoms with Gasteiger partial charge < -0.3 is 5.32 Å². The first-order chi connectivity index (χ1) is 7.61. The molecule has 1 aliphatic rings. The van der Waals surface area contributed by atoms with Crippen molar-refractivity contribution in [2.45, 2.75) is 25.3 Å². The van der Waals surface area contributed by atoms with Crippen molar-refractivity contribution < 1.29 is 8.78 Å². The fourth-order valence-corrected chi connectivity index (χ4v) is 2.36. The van der Waals surface area contributed by atoms with Crippen LogP contribution in [0.25, 0.3) is 0 Å². The van der Waals surface area contributed by atoms with E-state index >= 15 is 0 Å². The van der Waals surface area contributed by atoms with Crippen LogP contribution < -0.4 is 5.32 Å². The van der Waals surface area contributed by atoms with Gasteiger partial charge in [-0.3, -0.25) is 0 Å². The molecule has 1 saturated carbocycles. The molecule has 0 bridgehead atoms. The molecule has 1 N–H and O–H groups in total. The van der Waals surface area contributed by atoms with Crippen molar-refractivity contribution in [1.29, 1.82) is 0 Å². The van der Waals surface area contributed by atoms with E-state index in [2.05, 4.69) is 21.2 Å². The van der Waals surface area contributed by atoms with Gasteiger partial charge in [0.2, 0.25) is 0 Å². The molecular weight excluding hydrogens is 276 g/mol. The van der Waals surface area contributed by atoms with E-state index in [0.717, 1.165) is 6.42 Å². The molecule has 0 heterocycles. The van der Waals surface area contributed by atoms with E-state index in [9.17, 15) is 8.78 Å². The van der Waals surface area contributed by atoms with Crippen LogP contribution in [-0.4, -0.2) is 7.05 Å². The van der Waals surface area contributed by atoms with Crippen LogP contribution in [0.2, 0.25) is 0 Å². The number of hydrogen-bond donors (Lipinski definition) is 1.